The maximum atomic E-state index is 13.2. The van der Waals surface area contributed by atoms with Crippen molar-refractivity contribution in [1.82, 2.24) is 29.2 Å². The molecular formula is C25H31N7O3. The number of amides is 2. The van der Waals surface area contributed by atoms with E-state index in [9.17, 15) is 14.7 Å². The van der Waals surface area contributed by atoms with E-state index >= 15 is 0 Å². The van der Waals surface area contributed by atoms with Crippen LogP contribution in [0.25, 0.3) is 11.4 Å². The number of nitrogens with zero attached hydrogens (tertiary/aromatic N) is 6. The van der Waals surface area contributed by atoms with E-state index in [1.165, 1.54) is 0 Å². The number of β-amino-alcohol motifs (C(OH)–C–C–N with tert-alkyl or cyclic N) is 1. The lowest BCUT2D eigenvalue weighted by Crippen LogP contribution is -2.56. The van der Waals surface area contributed by atoms with E-state index in [2.05, 4.69) is 15.5 Å². The van der Waals surface area contributed by atoms with Gasteiger partial charge in [0, 0.05) is 37.5 Å². The van der Waals surface area contributed by atoms with Gasteiger partial charge < -0.3 is 20.3 Å². The minimum atomic E-state index is -1.04. The molecule has 1 aromatic carbocycles. The van der Waals surface area contributed by atoms with Crippen LogP contribution in [-0.2, 0) is 4.79 Å². The van der Waals surface area contributed by atoms with Crippen LogP contribution in [0.1, 0.15) is 48.3 Å². The Morgan fingerprint density at radius 1 is 1.23 bits per heavy atom. The van der Waals surface area contributed by atoms with Crippen molar-refractivity contribution < 1.29 is 14.7 Å². The fourth-order valence-corrected chi connectivity index (χ4v) is 4.79. The summed E-state index contributed by atoms with van der Waals surface area (Å²) < 4.78 is 3.50. The zero-order valence-electron chi connectivity index (χ0n) is 20.1. The van der Waals surface area contributed by atoms with Crippen LogP contribution < -0.4 is 5.43 Å². The molecule has 35 heavy (non-hydrogen) atoms. The van der Waals surface area contributed by atoms with E-state index in [4.69, 9.17) is 0 Å². The van der Waals surface area contributed by atoms with E-state index in [1.807, 2.05) is 50.4 Å². The van der Waals surface area contributed by atoms with Gasteiger partial charge in [0.05, 0.1) is 24.4 Å². The number of piperidine rings is 1. The quantitative estimate of drug-likeness (QED) is 0.562. The van der Waals surface area contributed by atoms with E-state index < -0.39 is 5.60 Å². The number of imidazole rings is 1. The Morgan fingerprint density at radius 2 is 1.97 bits per heavy atom. The van der Waals surface area contributed by atoms with Gasteiger partial charge in [-0.2, -0.15) is 5.10 Å². The van der Waals surface area contributed by atoms with Gasteiger partial charge in [0.15, 0.2) is 5.82 Å². The van der Waals surface area contributed by atoms with Crippen molar-refractivity contribution in [1.29, 1.82) is 0 Å². The summed E-state index contributed by atoms with van der Waals surface area (Å²) in [6.45, 7) is 5.40. The number of aryl methyl sites for hydroxylation is 1. The Kier molecular flexibility index (Phi) is 6.06. The first-order chi connectivity index (χ1) is 16.8. The SMILES string of the molecule is Cc1ccc(-c2ncc3n2NCN(CC2(O)CCN(C(=O)CC(C)n4cccn4)CC2)C3=O)cc1. The van der Waals surface area contributed by atoms with Crippen LogP contribution in [0.4, 0.5) is 0 Å². The second kappa shape index (κ2) is 9.18. The highest BCUT2D eigenvalue weighted by molar-refractivity contribution is 5.94. The highest BCUT2D eigenvalue weighted by Crippen LogP contribution is 2.27. The predicted molar refractivity (Wildman–Crippen MR) is 130 cm³/mol. The molecule has 10 heteroatoms. The number of carbonyl (C=O) groups is 2. The molecule has 1 unspecified atom stereocenters. The summed E-state index contributed by atoms with van der Waals surface area (Å²) in [6.07, 6.45) is 6.34. The Bertz CT molecular complexity index is 1190. The fourth-order valence-electron chi connectivity index (χ4n) is 4.79. The van der Waals surface area contributed by atoms with Crippen LogP contribution in [0.3, 0.4) is 0 Å². The predicted octanol–water partition coefficient (Wildman–Crippen LogP) is 2.02. The van der Waals surface area contributed by atoms with E-state index in [0.717, 1.165) is 11.1 Å². The van der Waals surface area contributed by atoms with Crippen molar-refractivity contribution in [3.05, 3.63) is 60.2 Å². The molecule has 1 fully saturated rings. The van der Waals surface area contributed by atoms with Gasteiger partial charge in [-0.05, 0) is 32.8 Å². The summed E-state index contributed by atoms with van der Waals surface area (Å²) in [7, 11) is 0. The maximum Gasteiger partial charge on any atom is 0.275 e. The number of aliphatic hydroxyl groups is 1. The molecule has 2 aliphatic rings. The van der Waals surface area contributed by atoms with Gasteiger partial charge in [0.25, 0.3) is 5.91 Å². The number of fused-ring (bicyclic) bond motifs is 1. The van der Waals surface area contributed by atoms with E-state index in [-0.39, 0.29) is 31.1 Å². The van der Waals surface area contributed by atoms with Gasteiger partial charge in [-0.1, -0.05) is 29.8 Å². The number of carbonyl (C=O) groups excluding carboxylic acids is 2. The average Bonchev–Trinajstić information content (AvgIpc) is 3.53. The van der Waals surface area contributed by atoms with Crippen molar-refractivity contribution in [2.45, 2.75) is 44.8 Å². The number of likely N-dealkylation sites (tertiary alicyclic amines) is 1. The molecule has 0 aliphatic carbocycles. The number of aromatic nitrogens is 4. The molecule has 3 aromatic rings. The highest BCUT2D eigenvalue weighted by Gasteiger charge is 2.39. The molecule has 10 nitrogen and oxygen atoms in total. The lowest BCUT2D eigenvalue weighted by molar-refractivity contribution is -0.136. The Hall–Kier alpha value is -3.66. The summed E-state index contributed by atoms with van der Waals surface area (Å²) in [4.78, 5) is 33.8. The zero-order valence-corrected chi connectivity index (χ0v) is 20.1. The molecule has 0 bridgehead atoms. The number of benzene rings is 1. The molecule has 2 aliphatic heterocycles. The summed E-state index contributed by atoms with van der Waals surface area (Å²) in [5.74, 6) is 0.566. The third kappa shape index (κ3) is 4.66. The monoisotopic (exact) mass is 477 g/mol. The van der Waals surface area contributed by atoms with Crippen molar-refractivity contribution in [3.63, 3.8) is 0 Å². The molecule has 4 heterocycles. The lowest BCUT2D eigenvalue weighted by Gasteiger charge is -2.42. The number of nitrogens with one attached hydrogen (secondary N) is 1. The van der Waals surface area contributed by atoms with Crippen molar-refractivity contribution in [3.8, 4) is 11.4 Å². The minimum absolute atomic E-state index is 0.0231. The number of hydrogen-bond acceptors (Lipinski definition) is 6. The third-order valence-corrected chi connectivity index (χ3v) is 6.98. The Labute approximate surface area is 204 Å². The topological polar surface area (TPSA) is 109 Å². The molecule has 0 radical (unpaired) electrons. The van der Waals surface area contributed by atoms with Crippen LogP contribution in [-0.4, -0.2) is 78.1 Å². The molecule has 2 amide bonds. The smallest absolute Gasteiger partial charge is 0.275 e. The highest BCUT2D eigenvalue weighted by atomic mass is 16.3. The van der Waals surface area contributed by atoms with Crippen molar-refractivity contribution in [2.75, 3.05) is 31.7 Å². The van der Waals surface area contributed by atoms with Crippen LogP contribution in [0.2, 0.25) is 0 Å². The Balaban J connectivity index is 1.19. The summed E-state index contributed by atoms with van der Waals surface area (Å²) in [6, 6.07) is 9.81. The average molecular weight is 478 g/mol. The molecule has 184 valence electrons. The van der Waals surface area contributed by atoms with Crippen LogP contribution in [0, 0.1) is 6.92 Å². The van der Waals surface area contributed by atoms with Gasteiger partial charge in [-0.25, -0.2) is 9.66 Å². The standard InChI is InChI=1S/C25H31N7O3/c1-18-4-6-20(7-5-18)23-26-15-21-24(34)30(17-28-32(21)23)16-25(35)8-12-29(13-9-25)22(33)14-19(2)31-11-3-10-27-31/h3-7,10-11,15,19,28,35H,8-9,12-14,16-17H2,1-2H3. The molecule has 1 saturated heterocycles. The Morgan fingerprint density at radius 3 is 2.66 bits per heavy atom. The molecule has 0 saturated carbocycles. The molecule has 2 N–H and O–H groups in total. The maximum absolute atomic E-state index is 13.2. The van der Waals surface area contributed by atoms with Gasteiger partial charge in [-0.15, -0.1) is 0 Å². The fraction of sp³-hybridized carbons (Fsp3) is 0.440. The van der Waals surface area contributed by atoms with Gasteiger partial charge >= 0.3 is 0 Å². The van der Waals surface area contributed by atoms with E-state index in [0.29, 0.717) is 43.9 Å². The van der Waals surface area contributed by atoms with Gasteiger partial charge in [0.2, 0.25) is 5.91 Å². The van der Waals surface area contributed by atoms with Crippen LogP contribution in [0.5, 0.6) is 0 Å². The summed E-state index contributed by atoms with van der Waals surface area (Å²) in [5.41, 5.74) is 4.73. The van der Waals surface area contributed by atoms with Gasteiger partial charge in [-0.3, -0.25) is 14.3 Å². The second-order valence-electron chi connectivity index (χ2n) is 9.63. The van der Waals surface area contributed by atoms with Gasteiger partial charge in [0.1, 0.15) is 12.4 Å². The minimum Gasteiger partial charge on any atom is -0.388 e. The first kappa shape index (κ1) is 23.1. The first-order valence-electron chi connectivity index (χ1n) is 12.0. The molecule has 1 atom stereocenters. The van der Waals surface area contributed by atoms with Crippen molar-refractivity contribution in [2.24, 2.45) is 0 Å². The number of rotatable bonds is 6. The summed E-state index contributed by atoms with van der Waals surface area (Å²) >= 11 is 0. The largest absolute Gasteiger partial charge is 0.388 e. The zero-order chi connectivity index (χ0) is 24.6. The molecular weight excluding hydrogens is 446 g/mol. The third-order valence-electron chi connectivity index (χ3n) is 6.98. The van der Waals surface area contributed by atoms with E-state index in [1.54, 1.807) is 31.6 Å². The molecule has 2 aromatic heterocycles. The molecule has 0 spiro atoms. The van der Waals surface area contributed by atoms with Crippen LogP contribution >= 0.6 is 0 Å². The number of hydrogen-bond donors (Lipinski definition) is 2. The first-order valence-corrected chi connectivity index (χ1v) is 12.0. The lowest BCUT2D eigenvalue weighted by atomic mass is 9.90. The normalized spacial score (nSPS) is 18.2. The van der Waals surface area contributed by atoms with Crippen LogP contribution in [0.15, 0.2) is 48.9 Å². The molecule has 5 rings (SSSR count). The second-order valence-corrected chi connectivity index (χ2v) is 9.63. The van der Waals surface area contributed by atoms with Crippen molar-refractivity contribution >= 4 is 11.8 Å². The summed E-state index contributed by atoms with van der Waals surface area (Å²) in [5, 5.41) is 15.4.